The highest BCUT2D eigenvalue weighted by atomic mass is 16.6. The van der Waals surface area contributed by atoms with E-state index in [1.54, 1.807) is 48.2 Å². The molecule has 9 atom stereocenters. The molecule has 34 nitrogen and oxygen atoms in total. The first-order valence-electron chi connectivity index (χ1n) is 39.5. The second-order valence-electron chi connectivity index (χ2n) is 30.7. The number of pyridine rings is 6. The second-order valence-corrected chi connectivity index (χ2v) is 30.7. The molecular formula is C83H94N18O16. The molecule has 15 rings (SSSR count). The summed E-state index contributed by atoms with van der Waals surface area (Å²) in [6, 6.07) is 15.7. The van der Waals surface area contributed by atoms with Gasteiger partial charge in [-0.3, -0.25) is 59.4 Å². The first kappa shape index (κ1) is 83.1. The van der Waals surface area contributed by atoms with Crippen molar-refractivity contribution in [2.45, 2.75) is 135 Å². The summed E-state index contributed by atoms with van der Waals surface area (Å²) in [7, 11) is 4.85. The number of anilines is 6. The van der Waals surface area contributed by atoms with E-state index in [1.807, 2.05) is 45.0 Å². The van der Waals surface area contributed by atoms with Crippen LogP contribution in [0.1, 0.15) is 152 Å². The lowest BCUT2D eigenvalue weighted by Crippen LogP contribution is -2.40. The van der Waals surface area contributed by atoms with E-state index >= 15 is 0 Å². The molecule has 6 saturated heterocycles. The Bertz CT molecular complexity index is 4450. The summed E-state index contributed by atoms with van der Waals surface area (Å²) in [4.78, 5) is 149. The lowest BCUT2D eigenvalue weighted by Gasteiger charge is -2.29. The molecule has 0 radical (unpaired) electrons. The van der Waals surface area contributed by atoms with Gasteiger partial charge in [-0.15, -0.1) is 0 Å². The zero-order chi connectivity index (χ0) is 82.6. The van der Waals surface area contributed by atoms with Crippen molar-refractivity contribution in [2.24, 2.45) is 29.6 Å². The van der Waals surface area contributed by atoms with Gasteiger partial charge in [0.15, 0.2) is 25.0 Å². The summed E-state index contributed by atoms with van der Waals surface area (Å²) in [6.45, 7) is 12.7. The molecule has 0 bridgehead atoms. The molecule has 6 aromatic rings. The molecule has 6 aromatic heterocycles. The maximum absolute atomic E-state index is 13.4. The van der Waals surface area contributed by atoms with Crippen LogP contribution in [0.4, 0.5) is 49.3 Å². The van der Waals surface area contributed by atoms with E-state index in [0.29, 0.717) is 213 Å². The van der Waals surface area contributed by atoms with Gasteiger partial charge >= 0.3 is 18.1 Å². The Morgan fingerprint density at radius 3 is 1.12 bits per heavy atom. The summed E-state index contributed by atoms with van der Waals surface area (Å²) >= 11 is 0. The van der Waals surface area contributed by atoms with Crippen LogP contribution in [0.3, 0.4) is 0 Å². The number of nitriles is 3. The molecule has 612 valence electrons. The quantitative estimate of drug-likeness (QED) is 0.0580. The van der Waals surface area contributed by atoms with Gasteiger partial charge in [0.1, 0.15) is 87.6 Å². The highest BCUT2D eigenvalue weighted by Crippen LogP contribution is 2.36. The molecule has 15 heterocycles. The van der Waals surface area contributed by atoms with Gasteiger partial charge in [-0.1, -0.05) is 20.8 Å². The first-order valence-corrected chi connectivity index (χ1v) is 39.5. The van der Waals surface area contributed by atoms with Crippen LogP contribution >= 0.6 is 0 Å². The fraction of sp³-hybridized carbons (Fsp3) is 0.494. The van der Waals surface area contributed by atoms with Crippen molar-refractivity contribution in [2.75, 3.05) is 131 Å². The maximum atomic E-state index is 13.4. The van der Waals surface area contributed by atoms with Gasteiger partial charge in [-0.25, -0.2) is 44.3 Å². The van der Waals surface area contributed by atoms with Crippen LogP contribution < -0.4 is 35.4 Å². The van der Waals surface area contributed by atoms with Gasteiger partial charge in [-0.05, 0) is 129 Å². The minimum atomic E-state index is -0.473. The predicted octanol–water partition coefficient (Wildman–Crippen LogP) is 7.74. The first-order chi connectivity index (χ1) is 56.7. The molecule has 0 spiro atoms. The number of likely N-dealkylation sites (tertiary alicyclic amines) is 3. The molecule has 0 aromatic carbocycles. The van der Waals surface area contributed by atoms with Crippen LogP contribution in [0, 0.1) is 63.6 Å². The molecule has 34 heteroatoms. The van der Waals surface area contributed by atoms with Crippen molar-refractivity contribution >= 4 is 89.6 Å². The van der Waals surface area contributed by atoms with E-state index in [0.717, 1.165) is 59.9 Å². The smallest absolute Gasteiger partial charge is 0.328 e. The van der Waals surface area contributed by atoms with Gasteiger partial charge < -0.3 is 47.9 Å². The second kappa shape index (κ2) is 37.8. The number of amides is 9. The molecule has 9 amide bonds. The Hall–Kier alpha value is -11.8. The van der Waals surface area contributed by atoms with Gasteiger partial charge in [0.25, 0.3) is 0 Å². The third-order valence-electron chi connectivity index (χ3n) is 23.0. The van der Waals surface area contributed by atoms with Crippen LogP contribution in [0.2, 0.25) is 0 Å². The summed E-state index contributed by atoms with van der Waals surface area (Å²) in [5.74, 6) is 2.75. The fourth-order valence-corrected chi connectivity index (χ4v) is 16.2. The summed E-state index contributed by atoms with van der Waals surface area (Å²) < 4.78 is 38.8. The van der Waals surface area contributed by atoms with Gasteiger partial charge in [0.2, 0.25) is 17.7 Å². The van der Waals surface area contributed by atoms with Crippen LogP contribution in [-0.2, 0) is 94.5 Å². The molecule has 0 saturated carbocycles. The van der Waals surface area contributed by atoms with Crippen molar-refractivity contribution in [1.82, 2.24) is 44.6 Å². The summed E-state index contributed by atoms with van der Waals surface area (Å²) in [5, 5.41) is 37.1. The Labute approximate surface area is 676 Å². The van der Waals surface area contributed by atoms with E-state index in [1.165, 1.54) is 39.4 Å². The highest BCUT2D eigenvalue weighted by Gasteiger charge is 2.38. The summed E-state index contributed by atoms with van der Waals surface area (Å²) in [5.41, 5.74) is 7.89. The zero-order valence-corrected chi connectivity index (χ0v) is 66.2. The normalized spacial score (nSPS) is 22.5. The number of hydrogen-bond donors (Lipinski definition) is 3. The van der Waals surface area contributed by atoms with E-state index in [9.17, 15) is 58.9 Å². The number of rotatable bonds is 21. The molecule has 3 N–H and O–H groups in total. The number of aromatic nitrogens is 6. The molecular weight excluding hydrogens is 1510 g/mol. The van der Waals surface area contributed by atoms with Crippen LogP contribution in [0.5, 0.6) is 5.75 Å². The van der Waals surface area contributed by atoms with Crippen molar-refractivity contribution in [3.8, 4) is 24.0 Å². The average molecular weight is 1600 g/mol. The number of nitrogens with one attached hydrogen (secondary N) is 3. The molecule has 117 heavy (non-hydrogen) atoms. The van der Waals surface area contributed by atoms with Crippen molar-refractivity contribution in [1.29, 1.82) is 15.8 Å². The van der Waals surface area contributed by atoms with Crippen molar-refractivity contribution in [3.63, 3.8) is 0 Å². The molecule has 9 aliphatic rings. The largest absolute Gasteiger partial charge is 0.484 e. The van der Waals surface area contributed by atoms with Crippen LogP contribution in [0.15, 0.2) is 55.0 Å². The molecule has 0 aliphatic carbocycles. The van der Waals surface area contributed by atoms with E-state index in [2.05, 4.69) is 58.0 Å². The van der Waals surface area contributed by atoms with E-state index < -0.39 is 24.2 Å². The number of carbonyl (C=O) groups is 9. The van der Waals surface area contributed by atoms with Crippen LogP contribution in [-0.4, -0.2) is 224 Å². The zero-order valence-electron chi connectivity index (χ0n) is 66.2. The maximum Gasteiger partial charge on any atom is 0.328 e. The molecule has 2 unspecified atom stereocenters. The average Bonchev–Trinajstić information content (AvgIpc) is 1.75. The van der Waals surface area contributed by atoms with Crippen molar-refractivity contribution < 1.29 is 76.3 Å². The number of fused-ring (bicyclic) bond motifs is 3. The Kier molecular flexibility index (Phi) is 26.9. The Balaban J connectivity index is 0.000000152. The third kappa shape index (κ3) is 18.8. The molecule has 6 fully saturated rings. The monoisotopic (exact) mass is 1600 g/mol. The number of aryl methyl sites for hydroxylation is 3. The van der Waals surface area contributed by atoms with Crippen molar-refractivity contribution in [3.05, 3.63) is 133 Å². The Morgan fingerprint density at radius 2 is 0.786 bits per heavy atom. The standard InChI is InChI=1S/2C28H32N6O5.C27H30N6O6/c2*1-17-5-7-33(27(17)36)13-20-8-18-4-3-6-34(26(18)31-23(20)14-35)28(37)32-25-10-19(22(11-29)12-30-25)9-21-15-39-16-24(21)38-2;1-16-5-7-32(26(16)35)12-18-8-17-4-3-6-33(25(17)30-20(18)13-34)27(36)31-24-9-21(19(10-28)11-29-24)39-23-15-38-14-22(23)37-2/h2*8,10,12,14,17,21,24H,3-7,9,13,15-16H2,1-2H3,(H,30,32,37);8-9,11,13,16,22-23H,3-7,12,14-15H2,1-2H3,(H,29,31,36)/t17?,21-,24-;17-,21+,24+;16?,22-,23-/m100/s1. The fourth-order valence-electron chi connectivity index (χ4n) is 16.2. The van der Waals surface area contributed by atoms with Gasteiger partial charge in [0.05, 0.1) is 69.2 Å². The lowest BCUT2D eigenvalue weighted by molar-refractivity contribution is -0.131. The van der Waals surface area contributed by atoms with E-state index in [-0.39, 0.29) is 99.8 Å². The Morgan fingerprint density at radius 1 is 0.453 bits per heavy atom. The lowest BCUT2D eigenvalue weighted by atomic mass is 9.94. The highest BCUT2D eigenvalue weighted by molar-refractivity contribution is 6.04. The third-order valence-corrected chi connectivity index (χ3v) is 23.0. The number of methoxy groups -OCH3 is 3. The number of urea groups is 3. The molecule has 9 aliphatic heterocycles. The van der Waals surface area contributed by atoms with Gasteiger partial charge in [-0.2, -0.15) is 15.8 Å². The number of carbonyl (C=O) groups excluding carboxylic acids is 9. The number of nitrogens with zero attached hydrogens (tertiary/aromatic N) is 15. The summed E-state index contributed by atoms with van der Waals surface area (Å²) in [6.07, 6.45) is 13.3. The van der Waals surface area contributed by atoms with Gasteiger partial charge in [0, 0.05) is 145 Å². The predicted molar refractivity (Wildman–Crippen MR) is 421 cm³/mol. The minimum Gasteiger partial charge on any atom is -0.484 e. The number of aldehydes is 3. The number of hydrogen-bond acceptors (Lipinski definition) is 25. The van der Waals surface area contributed by atoms with Crippen LogP contribution in [0.25, 0.3) is 0 Å². The SMILES string of the molecule is CO[C@@H]1COC[C@H]1Cc1cc(NC(=O)N2CCCc3cc(CN4CCC(C)C4=O)c(C=O)nc32)ncc1C#N.CO[C@@H]1COC[C@H]1Cc1cc(NC(=O)N2CCCc3cc(CN4CC[C@H](C)C4=O)c(C=O)nc32)ncc1C#N.CO[C@H]1COC[C@@H]1Oc1cc(NC(=O)N2CCCc3cc(CN4CCC(C)C4=O)c(C=O)nc32)ncc1C#N. The minimum absolute atomic E-state index is 0.0151. The topological polar surface area (TPSA) is 422 Å². The number of ether oxygens (including phenoxy) is 7. The van der Waals surface area contributed by atoms with E-state index in [4.69, 9.17) is 33.2 Å².